The second kappa shape index (κ2) is 7.27. The highest BCUT2D eigenvalue weighted by Crippen LogP contribution is 2.37. The molecule has 4 rings (SSSR count). The van der Waals surface area contributed by atoms with Gasteiger partial charge >= 0.3 is 5.97 Å². The molecular weight excluding hydrogens is 342 g/mol. The monoisotopic (exact) mass is 363 g/mol. The van der Waals surface area contributed by atoms with E-state index in [1.54, 1.807) is 0 Å². The first-order valence-electron chi connectivity index (χ1n) is 9.09. The third-order valence-electron chi connectivity index (χ3n) is 5.03. The highest BCUT2D eigenvalue weighted by molar-refractivity contribution is 5.68. The summed E-state index contributed by atoms with van der Waals surface area (Å²) in [6.45, 7) is 2.22. The number of aryl methyl sites for hydroxylation is 2. The van der Waals surface area contributed by atoms with Crippen LogP contribution in [-0.4, -0.2) is 16.1 Å². The van der Waals surface area contributed by atoms with Crippen LogP contribution in [0.25, 0.3) is 11.5 Å². The Labute approximate surface area is 157 Å². The largest absolute Gasteiger partial charge is 0.487 e. The van der Waals surface area contributed by atoms with Crippen LogP contribution in [0.15, 0.2) is 52.9 Å². The Morgan fingerprint density at radius 2 is 2.07 bits per heavy atom. The highest BCUT2D eigenvalue weighted by atomic mass is 16.5. The Morgan fingerprint density at radius 1 is 1.26 bits per heavy atom. The summed E-state index contributed by atoms with van der Waals surface area (Å²) in [5, 5.41) is 9.03. The van der Waals surface area contributed by atoms with Crippen LogP contribution in [0.4, 0.5) is 0 Å². The van der Waals surface area contributed by atoms with Crippen LogP contribution in [0.5, 0.6) is 5.75 Å². The van der Waals surface area contributed by atoms with Gasteiger partial charge in [-0.25, -0.2) is 4.98 Å². The molecule has 1 aromatic heterocycles. The standard InChI is InChI=1S/C22H21NO4/c1-14-20(23-22(27-14)15-5-3-2-4-6-15)13-26-18-9-10-19-16(11-18)7-8-17(19)12-21(24)25/h2-6,9-11,17H,7-8,12-13H2,1H3,(H,24,25). The molecule has 1 aliphatic carbocycles. The number of rotatable bonds is 6. The van der Waals surface area contributed by atoms with Gasteiger partial charge in [-0.15, -0.1) is 0 Å². The summed E-state index contributed by atoms with van der Waals surface area (Å²) >= 11 is 0. The second-order valence-electron chi connectivity index (χ2n) is 6.87. The van der Waals surface area contributed by atoms with Crippen LogP contribution in [-0.2, 0) is 17.8 Å². The normalized spacial score (nSPS) is 15.5. The number of benzene rings is 2. The van der Waals surface area contributed by atoms with E-state index in [1.807, 2.05) is 55.5 Å². The fourth-order valence-electron chi connectivity index (χ4n) is 3.61. The SMILES string of the molecule is Cc1oc(-c2ccccc2)nc1COc1ccc2c(c1)CCC2CC(=O)O. The topological polar surface area (TPSA) is 72.6 Å². The van der Waals surface area contributed by atoms with Gasteiger partial charge in [0, 0.05) is 5.56 Å². The Hall–Kier alpha value is -3.08. The van der Waals surface area contributed by atoms with Crippen molar-refractivity contribution in [3.63, 3.8) is 0 Å². The van der Waals surface area contributed by atoms with Crippen molar-refractivity contribution in [1.29, 1.82) is 0 Å². The van der Waals surface area contributed by atoms with Crippen LogP contribution in [0, 0.1) is 6.92 Å². The molecule has 1 unspecified atom stereocenters. The van der Waals surface area contributed by atoms with E-state index in [4.69, 9.17) is 14.3 Å². The third-order valence-corrected chi connectivity index (χ3v) is 5.03. The maximum absolute atomic E-state index is 11.0. The van der Waals surface area contributed by atoms with Gasteiger partial charge in [0.25, 0.3) is 0 Å². The lowest BCUT2D eigenvalue weighted by atomic mass is 9.98. The number of hydrogen-bond donors (Lipinski definition) is 1. The number of carbonyl (C=O) groups is 1. The van der Waals surface area contributed by atoms with E-state index < -0.39 is 5.97 Å². The summed E-state index contributed by atoms with van der Waals surface area (Å²) in [5.41, 5.74) is 4.03. The lowest BCUT2D eigenvalue weighted by molar-refractivity contribution is -0.137. The lowest BCUT2D eigenvalue weighted by Gasteiger charge is -2.10. The second-order valence-corrected chi connectivity index (χ2v) is 6.87. The van der Waals surface area contributed by atoms with Gasteiger partial charge in [0.2, 0.25) is 5.89 Å². The maximum Gasteiger partial charge on any atom is 0.303 e. The molecule has 0 aliphatic heterocycles. The van der Waals surface area contributed by atoms with Crippen molar-refractivity contribution < 1.29 is 19.1 Å². The molecule has 138 valence electrons. The molecule has 1 N–H and O–H groups in total. The molecule has 5 heteroatoms. The van der Waals surface area contributed by atoms with E-state index in [1.165, 1.54) is 5.56 Å². The zero-order valence-electron chi connectivity index (χ0n) is 15.1. The van der Waals surface area contributed by atoms with Gasteiger partial charge < -0.3 is 14.3 Å². The number of carboxylic acid groups (broad SMARTS) is 1. The Bertz CT molecular complexity index is 962. The first kappa shape index (κ1) is 17.3. The molecule has 1 heterocycles. The van der Waals surface area contributed by atoms with Crippen molar-refractivity contribution in [2.45, 2.75) is 38.7 Å². The van der Waals surface area contributed by atoms with E-state index in [9.17, 15) is 4.79 Å². The van der Waals surface area contributed by atoms with E-state index in [0.29, 0.717) is 12.5 Å². The Kier molecular flexibility index (Phi) is 4.67. The van der Waals surface area contributed by atoms with Gasteiger partial charge in [0.05, 0.1) is 6.42 Å². The molecule has 1 aliphatic rings. The van der Waals surface area contributed by atoms with E-state index in [2.05, 4.69) is 4.98 Å². The number of hydrogen-bond acceptors (Lipinski definition) is 4. The van der Waals surface area contributed by atoms with Gasteiger partial charge in [-0.2, -0.15) is 0 Å². The number of carboxylic acids is 1. The molecule has 0 spiro atoms. The quantitative estimate of drug-likeness (QED) is 0.685. The molecule has 0 bridgehead atoms. The van der Waals surface area contributed by atoms with Gasteiger partial charge in [0.1, 0.15) is 23.8 Å². The minimum Gasteiger partial charge on any atom is -0.487 e. The molecule has 0 saturated carbocycles. The number of nitrogens with zero attached hydrogens (tertiary/aromatic N) is 1. The van der Waals surface area contributed by atoms with Crippen molar-refractivity contribution in [3.8, 4) is 17.2 Å². The minimum atomic E-state index is -0.746. The molecule has 0 amide bonds. The molecule has 2 aromatic carbocycles. The van der Waals surface area contributed by atoms with E-state index >= 15 is 0 Å². The molecule has 0 radical (unpaired) electrons. The smallest absolute Gasteiger partial charge is 0.303 e. The fourth-order valence-corrected chi connectivity index (χ4v) is 3.61. The summed E-state index contributed by atoms with van der Waals surface area (Å²) < 4.78 is 11.7. The molecule has 1 atom stereocenters. The average Bonchev–Trinajstić information content (AvgIpc) is 3.23. The zero-order valence-corrected chi connectivity index (χ0v) is 15.1. The number of aromatic nitrogens is 1. The first-order chi connectivity index (χ1) is 13.1. The number of oxazole rings is 1. The minimum absolute atomic E-state index is 0.109. The van der Waals surface area contributed by atoms with Crippen molar-refractivity contribution >= 4 is 5.97 Å². The van der Waals surface area contributed by atoms with E-state index in [-0.39, 0.29) is 12.3 Å². The Morgan fingerprint density at radius 3 is 2.85 bits per heavy atom. The molecule has 27 heavy (non-hydrogen) atoms. The Balaban J connectivity index is 1.46. The summed E-state index contributed by atoms with van der Waals surface area (Å²) in [6.07, 6.45) is 1.97. The number of aliphatic carboxylic acids is 1. The average molecular weight is 363 g/mol. The predicted octanol–water partition coefficient (Wildman–Crippen LogP) is 4.73. The summed E-state index contributed by atoms with van der Waals surface area (Å²) in [7, 11) is 0. The molecule has 0 saturated heterocycles. The first-order valence-corrected chi connectivity index (χ1v) is 9.09. The lowest BCUT2D eigenvalue weighted by Crippen LogP contribution is -2.03. The van der Waals surface area contributed by atoms with Crippen molar-refractivity contribution in [1.82, 2.24) is 4.98 Å². The van der Waals surface area contributed by atoms with E-state index in [0.717, 1.165) is 41.2 Å². The predicted molar refractivity (Wildman–Crippen MR) is 101 cm³/mol. The summed E-state index contributed by atoms with van der Waals surface area (Å²) in [4.78, 5) is 15.5. The number of fused-ring (bicyclic) bond motifs is 1. The zero-order chi connectivity index (χ0) is 18.8. The van der Waals surface area contributed by atoms with Crippen molar-refractivity contribution in [3.05, 3.63) is 71.1 Å². The maximum atomic E-state index is 11.0. The van der Waals surface area contributed by atoms with Crippen molar-refractivity contribution in [2.75, 3.05) is 0 Å². The van der Waals surface area contributed by atoms with Crippen LogP contribution in [0.2, 0.25) is 0 Å². The van der Waals surface area contributed by atoms with Crippen LogP contribution in [0.1, 0.15) is 41.3 Å². The van der Waals surface area contributed by atoms with Crippen LogP contribution < -0.4 is 4.74 Å². The number of ether oxygens (including phenoxy) is 1. The van der Waals surface area contributed by atoms with Crippen molar-refractivity contribution in [2.24, 2.45) is 0 Å². The van der Waals surface area contributed by atoms with Gasteiger partial charge in [-0.3, -0.25) is 4.79 Å². The van der Waals surface area contributed by atoms with Gasteiger partial charge in [-0.1, -0.05) is 24.3 Å². The summed E-state index contributed by atoms with van der Waals surface area (Å²) in [6, 6.07) is 15.7. The van der Waals surface area contributed by atoms with Crippen LogP contribution in [0.3, 0.4) is 0 Å². The third kappa shape index (κ3) is 3.72. The van der Waals surface area contributed by atoms with Gasteiger partial charge in [-0.05, 0) is 61.1 Å². The summed E-state index contributed by atoms with van der Waals surface area (Å²) in [5.74, 6) is 1.48. The molecule has 5 nitrogen and oxygen atoms in total. The van der Waals surface area contributed by atoms with Gasteiger partial charge in [0.15, 0.2) is 0 Å². The molecule has 3 aromatic rings. The molecular formula is C22H21NO4. The fraction of sp³-hybridized carbons (Fsp3) is 0.273. The molecule has 0 fully saturated rings. The van der Waals surface area contributed by atoms with Crippen LogP contribution >= 0.6 is 0 Å². The highest BCUT2D eigenvalue weighted by Gasteiger charge is 2.25.